The summed E-state index contributed by atoms with van der Waals surface area (Å²) in [5.74, 6) is -1.24. The zero-order valence-electron chi connectivity index (χ0n) is 15.8. The third-order valence-corrected chi connectivity index (χ3v) is 4.90. The summed E-state index contributed by atoms with van der Waals surface area (Å²) in [7, 11) is 0. The van der Waals surface area contributed by atoms with E-state index in [1.54, 1.807) is 42.9 Å². The number of fused-ring (bicyclic) bond motifs is 1. The number of hydrogen-bond donors (Lipinski definition) is 1. The number of nitrogens with zero attached hydrogens (tertiary/aromatic N) is 3. The van der Waals surface area contributed by atoms with Gasteiger partial charge in [-0.05, 0) is 55.8 Å². The third-order valence-electron chi connectivity index (χ3n) is 4.90. The SMILES string of the molecule is CC(C)(O)c1ccc2c(c1)ncn2-c1ccc(F)c(-c2cccc(F)c2C#N)c1. The molecule has 6 heteroatoms. The van der Waals surface area contributed by atoms with Crippen LogP contribution in [0.3, 0.4) is 0 Å². The van der Waals surface area contributed by atoms with E-state index in [1.165, 1.54) is 24.3 Å². The Hall–Kier alpha value is -3.56. The second kappa shape index (κ2) is 6.80. The number of nitriles is 1. The van der Waals surface area contributed by atoms with E-state index in [1.807, 2.05) is 18.2 Å². The summed E-state index contributed by atoms with van der Waals surface area (Å²) >= 11 is 0. The van der Waals surface area contributed by atoms with Gasteiger partial charge in [-0.1, -0.05) is 18.2 Å². The van der Waals surface area contributed by atoms with Gasteiger partial charge in [0.2, 0.25) is 0 Å². The summed E-state index contributed by atoms with van der Waals surface area (Å²) in [5.41, 5.74) is 1.94. The zero-order valence-corrected chi connectivity index (χ0v) is 15.8. The average Bonchev–Trinajstić information content (AvgIpc) is 3.11. The minimum atomic E-state index is -0.994. The molecule has 0 atom stereocenters. The number of aliphatic hydroxyl groups is 1. The Morgan fingerprint density at radius 1 is 1.00 bits per heavy atom. The van der Waals surface area contributed by atoms with Crippen molar-refractivity contribution in [3.63, 3.8) is 0 Å². The lowest BCUT2D eigenvalue weighted by Crippen LogP contribution is -2.15. The van der Waals surface area contributed by atoms with E-state index in [0.717, 1.165) is 11.1 Å². The van der Waals surface area contributed by atoms with Gasteiger partial charge in [0.1, 0.15) is 24.0 Å². The molecule has 0 unspecified atom stereocenters. The van der Waals surface area contributed by atoms with Crippen LogP contribution in [0.4, 0.5) is 8.78 Å². The van der Waals surface area contributed by atoms with Gasteiger partial charge in [-0.25, -0.2) is 13.8 Å². The van der Waals surface area contributed by atoms with E-state index in [0.29, 0.717) is 11.2 Å². The standard InChI is InChI=1S/C23H17F2N3O/c1-23(2,29)14-6-9-22-21(10-14)27-13-28(22)15-7-8-20(25)17(11-15)16-4-3-5-19(24)18(16)12-26/h3-11,13,29H,1-2H3. The van der Waals surface area contributed by atoms with Crippen LogP contribution in [-0.2, 0) is 5.60 Å². The minimum Gasteiger partial charge on any atom is -0.386 e. The Balaban J connectivity index is 1.87. The number of halogens is 2. The lowest BCUT2D eigenvalue weighted by molar-refractivity contribution is 0.0787. The smallest absolute Gasteiger partial charge is 0.141 e. The highest BCUT2D eigenvalue weighted by atomic mass is 19.1. The minimum absolute atomic E-state index is 0.133. The highest BCUT2D eigenvalue weighted by Crippen LogP contribution is 2.31. The second-order valence-corrected chi connectivity index (χ2v) is 7.32. The molecule has 4 aromatic rings. The van der Waals surface area contributed by atoms with E-state index < -0.39 is 17.2 Å². The molecule has 1 N–H and O–H groups in total. The van der Waals surface area contributed by atoms with Gasteiger partial charge >= 0.3 is 0 Å². The molecule has 3 aromatic carbocycles. The summed E-state index contributed by atoms with van der Waals surface area (Å²) in [5, 5.41) is 19.5. The molecule has 0 radical (unpaired) electrons. The lowest BCUT2D eigenvalue weighted by Gasteiger charge is -2.17. The fourth-order valence-corrected chi connectivity index (χ4v) is 3.33. The summed E-state index contributed by atoms with van der Waals surface area (Å²) in [6, 6.07) is 15.8. The molecule has 0 bridgehead atoms. The Bertz CT molecular complexity index is 1280. The number of hydrogen-bond acceptors (Lipinski definition) is 3. The highest BCUT2D eigenvalue weighted by Gasteiger charge is 2.18. The van der Waals surface area contributed by atoms with E-state index in [9.17, 15) is 19.1 Å². The lowest BCUT2D eigenvalue weighted by atomic mass is 9.98. The molecule has 0 aliphatic rings. The Morgan fingerprint density at radius 3 is 2.52 bits per heavy atom. The molecule has 0 saturated carbocycles. The van der Waals surface area contributed by atoms with Gasteiger partial charge < -0.3 is 5.11 Å². The molecular weight excluding hydrogens is 372 g/mol. The van der Waals surface area contributed by atoms with Crippen LogP contribution in [0, 0.1) is 23.0 Å². The van der Waals surface area contributed by atoms with Gasteiger partial charge in [-0.3, -0.25) is 4.57 Å². The molecule has 0 fully saturated rings. The third kappa shape index (κ3) is 3.26. The predicted molar refractivity (Wildman–Crippen MR) is 106 cm³/mol. The number of imidazole rings is 1. The first kappa shape index (κ1) is 18.8. The molecule has 4 rings (SSSR count). The first-order chi connectivity index (χ1) is 13.8. The first-order valence-electron chi connectivity index (χ1n) is 8.98. The van der Waals surface area contributed by atoms with E-state index >= 15 is 0 Å². The van der Waals surface area contributed by atoms with Crippen LogP contribution in [0.2, 0.25) is 0 Å². The average molecular weight is 389 g/mol. The predicted octanol–water partition coefficient (Wildman–Crippen LogP) is 5.07. The Kier molecular flexibility index (Phi) is 4.40. The van der Waals surface area contributed by atoms with Crippen LogP contribution in [0.25, 0.3) is 27.8 Å². The van der Waals surface area contributed by atoms with Crippen molar-refractivity contribution in [3.8, 4) is 22.9 Å². The monoisotopic (exact) mass is 389 g/mol. The maximum absolute atomic E-state index is 14.6. The maximum Gasteiger partial charge on any atom is 0.141 e. The first-order valence-corrected chi connectivity index (χ1v) is 8.98. The van der Waals surface area contributed by atoms with Gasteiger partial charge in [0, 0.05) is 16.8 Å². The largest absolute Gasteiger partial charge is 0.386 e. The molecule has 4 nitrogen and oxygen atoms in total. The molecule has 0 aliphatic heterocycles. The molecule has 29 heavy (non-hydrogen) atoms. The van der Waals surface area contributed by atoms with Crippen molar-refractivity contribution in [2.45, 2.75) is 19.4 Å². The Labute approximate surface area is 166 Å². The van der Waals surface area contributed by atoms with Crippen LogP contribution in [-0.4, -0.2) is 14.7 Å². The summed E-state index contributed by atoms with van der Waals surface area (Å²) in [4.78, 5) is 4.39. The quantitative estimate of drug-likeness (QED) is 0.532. The normalized spacial score (nSPS) is 11.6. The second-order valence-electron chi connectivity index (χ2n) is 7.32. The van der Waals surface area contributed by atoms with Crippen molar-refractivity contribution >= 4 is 11.0 Å². The number of rotatable bonds is 3. The molecule has 1 heterocycles. The molecular formula is C23H17F2N3O. The van der Waals surface area contributed by atoms with Crippen molar-refractivity contribution in [3.05, 3.63) is 83.7 Å². The van der Waals surface area contributed by atoms with Crippen molar-refractivity contribution < 1.29 is 13.9 Å². The van der Waals surface area contributed by atoms with E-state index in [2.05, 4.69) is 4.98 Å². The van der Waals surface area contributed by atoms with Crippen LogP contribution in [0.15, 0.2) is 60.9 Å². The molecule has 0 aliphatic carbocycles. The van der Waals surface area contributed by atoms with Crippen LogP contribution >= 0.6 is 0 Å². The molecule has 0 saturated heterocycles. The van der Waals surface area contributed by atoms with E-state index in [-0.39, 0.29) is 16.7 Å². The van der Waals surface area contributed by atoms with Gasteiger partial charge in [0.25, 0.3) is 0 Å². The topological polar surface area (TPSA) is 61.8 Å². The van der Waals surface area contributed by atoms with Crippen molar-refractivity contribution in [2.24, 2.45) is 0 Å². The van der Waals surface area contributed by atoms with Crippen LogP contribution < -0.4 is 0 Å². The summed E-state index contributed by atoms with van der Waals surface area (Å²) in [6.45, 7) is 3.40. The number of benzene rings is 3. The summed E-state index contributed by atoms with van der Waals surface area (Å²) in [6.07, 6.45) is 1.60. The maximum atomic E-state index is 14.6. The zero-order chi connectivity index (χ0) is 20.8. The van der Waals surface area contributed by atoms with Gasteiger partial charge in [0.15, 0.2) is 0 Å². The van der Waals surface area contributed by atoms with E-state index in [4.69, 9.17) is 0 Å². The van der Waals surface area contributed by atoms with Crippen molar-refractivity contribution in [1.82, 2.24) is 9.55 Å². The van der Waals surface area contributed by atoms with Crippen LogP contribution in [0.1, 0.15) is 25.0 Å². The van der Waals surface area contributed by atoms with Gasteiger partial charge in [-0.15, -0.1) is 0 Å². The molecule has 0 spiro atoms. The summed E-state index contributed by atoms with van der Waals surface area (Å²) < 4.78 is 30.3. The van der Waals surface area contributed by atoms with Gasteiger partial charge in [-0.2, -0.15) is 5.26 Å². The van der Waals surface area contributed by atoms with Crippen molar-refractivity contribution in [1.29, 1.82) is 5.26 Å². The fourth-order valence-electron chi connectivity index (χ4n) is 3.33. The molecule has 144 valence electrons. The van der Waals surface area contributed by atoms with Crippen LogP contribution in [0.5, 0.6) is 0 Å². The van der Waals surface area contributed by atoms with Crippen molar-refractivity contribution in [2.75, 3.05) is 0 Å². The fraction of sp³-hybridized carbons (Fsp3) is 0.130. The highest BCUT2D eigenvalue weighted by molar-refractivity contribution is 5.80. The Morgan fingerprint density at radius 2 is 1.79 bits per heavy atom. The molecule has 0 amide bonds. The number of aromatic nitrogens is 2. The van der Waals surface area contributed by atoms with Gasteiger partial charge in [0.05, 0.1) is 22.2 Å². The molecule has 1 aromatic heterocycles.